The van der Waals surface area contributed by atoms with E-state index in [1.165, 1.54) is 137 Å². The Hall–Kier alpha value is -15.0. The van der Waals surface area contributed by atoms with Gasteiger partial charge in [0.15, 0.2) is 0 Å². The maximum absolute atomic E-state index is 2.49. The molecule has 0 atom stereocenters. The molecule has 0 fully saturated rings. The number of anilines is 9. The largest absolute Gasteiger partial charge is 0.311 e. The molecule has 3 aromatic heterocycles. The number of hydrogen-bond donors (Lipinski definition) is 0. The zero-order valence-electron chi connectivity index (χ0n) is 64.2. The molecule has 546 valence electrons. The molecule has 0 aliphatic carbocycles. The van der Waals surface area contributed by atoms with Gasteiger partial charge in [0.1, 0.15) is 0 Å². The SMILES string of the molecule is c1ccc(B2c3c(N(c4ccccc4)c4ccccc4)cccc3-n3c4ccccc4c4cccc2c43)cc1.c1ccc(B2c3cc(N(c4ccccc4)c4ccccc4)ccc3-n3c4ccccc4c4cccc2c43)cc1.c1ccc(N(c2ccccc2)c2ccc(B3c4ccccc4-n4c5ccccc5c5cccc3c54)cc2)cc1. The number of fused-ring (bicyclic) bond motifs is 15. The highest BCUT2D eigenvalue weighted by Crippen LogP contribution is 2.43. The molecular weight excluding hydrogens is 1410 g/mol. The molecule has 24 rings (SSSR count). The van der Waals surface area contributed by atoms with E-state index in [4.69, 9.17) is 0 Å². The van der Waals surface area contributed by atoms with Gasteiger partial charge in [0.05, 0.1) is 16.6 Å². The molecule has 3 aliphatic heterocycles. The van der Waals surface area contributed by atoms with Crippen molar-refractivity contribution in [3.8, 4) is 17.1 Å². The van der Waals surface area contributed by atoms with Gasteiger partial charge in [-0.3, -0.25) is 0 Å². The van der Waals surface area contributed by atoms with E-state index in [1.807, 2.05) is 0 Å². The molecule has 0 bridgehead atoms. The molecule has 0 spiro atoms. The van der Waals surface area contributed by atoms with Crippen LogP contribution in [0.25, 0.3) is 82.5 Å². The van der Waals surface area contributed by atoms with Crippen molar-refractivity contribution in [3.05, 3.63) is 455 Å². The van der Waals surface area contributed by atoms with Crippen molar-refractivity contribution in [3.63, 3.8) is 0 Å². The van der Waals surface area contributed by atoms with Crippen LogP contribution in [0.15, 0.2) is 455 Å². The van der Waals surface area contributed by atoms with Gasteiger partial charge in [-0.2, -0.15) is 0 Å². The van der Waals surface area contributed by atoms with Crippen molar-refractivity contribution >= 4 is 186 Å². The zero-order valence-corrected chi connectivity index (χ0v) is 64.2. The second kappa shape index (κ2) is 29.2. The molecular formula is C108H75B3N6. The Morgan fingerprint density at radius 3 is 0.897 bits per heavy atom. The van der Waals surface area contributed by atoms with Gasteiger partial charge >= 0.3 is 0 Å². The van der Waals surface area contributed by atoms with Crippen LogP contribution in [-0.2, 0) is 0 Å². The second-order valence-corrected chi connectivity index (χ2v) is 30.5. The monoisotopic (exact) mass is 1490 g/mol. The van der Waals surface area contributed by atoms with E-state index in [1.54, 1.807) is 0 Å². The maximum Gasteiger partial charge on any atom is 0.249 e. The molecule has 117 heavy (non-hydrogen) atoms. The van der Waals surface area contributed by atoms with Gasteiger partial charge in [0.25, 0.3) is 0 Å². The number of hydrogen-bond acceptors (Lipinski definition) is 3. The van der Waals surface area contributed by atoms with Gasteiger partial charge in [0, 0.05) is 117 Å². The maximum atomic E-state index is 2.49. The summed E-state index contributed by atoms with van der Waals surface area (Å²) < 4.78 is 7.44. The number of para-hydroxylation sites is 13. The fourth-order valence-electron chi connectivity index (χ4n) is 19.3. The first kappa shape index (κ1) is 68.7. The van der Waals surface area contributed by atoms with Crippen LogP contribution in [0, 0.1) is 0 Å². The molecule has 9 heteroatoms. The van der Waals surface area contributed by atoms with E-state index in [0.717, 1.165) is 45.5 Å². The molecule has 0 radical (unpaired) electrons. The van der Waals surface area contributed by atoms with Gasteiger partial charge in [0.2, 0.25) is 20.1 Å². The molecule has 0 unspecified atom stereocenters. The van der Waals surface area contributed by atoms with Crippen LogP contribution in [0.3, 0.4) is 0 Å². The van der Waals surface area contributed by atoms with E-state index >= 15 is 0 Å². The summed E-state index contributed by atoms with van der Waals surface area (Å²) in [6, 6.07) is 164. The third kappa shape index (κ3) is 11.6. The Morgan fingerprint density at radius 1 is 0.171 bits per heavy atom. The van der Waals surface area contributed by atoms with Crippen LogP contribution < -0.4 is 63.9 Å². The lowest BCUT2D eigenvalue weighted by molar-refractivity contribution is 1.18. The molecule has 21 aromatic rings. The molecule has 0 saturated heterocycles. The number of aromatic nitrogens is 3. The van der Waals surface area contributed by atoms with Crippen LogP contribution in [0.1, 0.15) is 0 Å². The van der Waals surface area contributed by atoms with Crippen LogP contribution in [0.2, 0.25) is 0 Å². The van der Waals surface area contributed by atoms with Crippen molar-refractivity contribution in [2.75, 3.05) is 14.7 Å². The summed E-state index contributed by atoms with van der Waals surface area (Å²) in [6.45, 7) is 0.389. The number of rotatable bonds is 12. The van der Waals surface area contributed by atoms with E-state index in [9.17, 15) is 0 Å². The van der Waals surface area contributed by atoms with Gasteiger partial charge in [-0.15, -0.1) is 0 Å². The highest BCUT2D eigenvalue weighted by molar-refractivity contribution is 7.00. The molecule has 0 N–H and O–H groups in total. The Morgan fingerprint density at radius 2 is 0.453 bits per heavy atom. The minimum atomic E-state index is 0.0906. The molecule has 0 amide bonds. The Labute approximate surface area is 681 Å². The first-order valence-electron chi connectivity index (χ1n) is 40.5. The summed E-state index contributed by atoms with van der Waals surface area (Å²) in [5.41, 5.74) is 33.8. The average molecular weight is 1490 g/mol. The topological polar surface area (TPSA) is 24.5 Å². The van der Waals surface area contributed by atoms with Crippen molar-refractivity contribution in [1.29, 1.82) is 0 Å². The summed E-state index contributed by atoms with van der Waals surface area (Å²) in [5.74, 6) is 0. The summed E-state index contributed by atoms with van der Waals surface area (Å²) in [4.78, 5) is 7.08. The highest BCUT2D eigenvalue weighted by Gasteiger charge is 2.39. The minimum Gasteiger partial charge on any atom is -0.311 e. The van der Waals surface area contributed by atoms with E-state index in [-0.39, 0.29) is 20.1 Å². The molecule has 6 nitrogen and oxygen atoms in total. The lowest BCUT2D eigenvalue weighted by atomic mass is 9.35. The molecule has 6 heterocycles. The standard InChI is InChI=1S/3C36H25BN2/c1-4-14-26(15-5-1)37-31-22-12-21-30-29-20-10-11-23-32(29)39(36(30)31)34-25-13-24-33(35(34)37)38(27-16-6-2-7-17-27)28-18-8-3-9-19-28;1-4-13-26(14-5-1)37-32-21-12-20-31-30-19-10-11-22-34(30)39(36(31)32)35-24-23-29(25-33(35)37)38(27-15-6-2-7-16-27)28-17-8-3-9-18-28;1-3-12-27(13-4-1)38(28-14-5-2-6-15-28)29-24-22-26(23-25-29)37-32-18-8-10-21-35(32)39-34-20-9-7-16-30(34)31-17-11-19-33(37)36(31)39/h3*1-25H. The van der Waals surface area contributed by atoms with Crippen molar-refractivity contribution in [2.45, 2.75) is 0 Å². The lowest BCUT2D eigenvalue weighted by Crippen LogP contribution is -2.56. The smallest absolute Gasteiger partial charge is 0.249 e. The number of benzene rings is 18. The Bertz CT molecular complexity index is 7150. The Balaban J connectivity index is 0.000000106. The molecule has 0 saturated carbocycles. The van der Waals surface area contributed by atoms with Crippen LogP contribution in [-0.4, -0.2) is 33.8 Å². The van der Waals surface area contributed by atoms with Crippen molar-refractivity contribution < 1.29 is 0 Å². The predicted molar refractivity (Wildman–Crippen MR) is 500 cm³/mol. The van der Waals surface area contributed by atoms with Crippen LogP contribution in [0.4, 0.5) is 51.2 Å². The van der Waals surface area contributed by atoms with Gasteiger partial charge in [-0.1, -0.05) is 332 Å². The fourth-order valence-corrected chi connectivity index (χ4v) is 19.3. The van der Waals surface area contributed by atoms with E-state index < -0.39 is 0 Å². The highest BCUT2D eigenvalue weighted by atomic mass is 15.2. The first-order valence-corrected chi connectivity index (χ1v) is 40.5. The van der Waals surface area contributed by atoms with Gasteiger partial charge in [-0.05, 0) is 172 Å². The third-order valence-electron chi connectivity index (χ3n) is 24.1. The first-order chi connectivity index (χ1) is 58.2. The summed E-state index contributed by atoms with van der Waals surface area (Å²) in [7, 11) is 0. The van der Waals surface area contributed by atoms with E-state index in [2.05, 4.69) is 483 Å². The predicted octanol–water partition coefficient (Wildman–Crippen LogP) is 21.2. The second-order valence-electron chi connectivity index (χ2n) is 30.5. The normalized spacial score (nSPS) is 12.1. The number of nitrogens with zero attached hydrogens (tertiary/aromatic N) is 6. The quantitative estimate of drug-likeness (QED) is 0.114. The van der Waals surface area contributed by atoms with Crippen LogP contribution >= 0.6 is 0 Å². The summed E-state index contributed by atoms with van der Waals surface area (Å²) in [5, 5.41) is 7.84. The average Bonchev–Trinajstić information content (AvgIpc) is 1.39. The van der Waals surface area contributed by atoms with E-state index in [0.29, 0.717) is 0 Å². The lowest BCUT2D eigenvalue weighted by Gasteiger charge is -2.34. The summed E-state index contributed by atoms with van der Waals surface area (Å²) >= 11 is 0. The van der Waals surface area contributed by atoms with Crippen LogP contribution in [0.5, 0.6) is 0 Å². The van der Waals surface area contributed by atoms with Crippen molar-refractivity contribution in [1.82, 2.24) is 13.7 Å². The Kier molecular flexibility index (Phi) is 17.1. The fraction of sp³-hybridized carbons (Fsp3) is 0. The van der Waals surface area contributed by atoms with Crippen molar-refractivity contribution in [2.24, 2.45) is 0 Å². The minimum absolute atomic E-state index is 0.0906. The summed E-state index contributed by atoms with van der Waals surface area (Å²) in [6.07, 6.45) is 0. The third-order valence-corrected chi connectivity index (χ3v) is 24.1. The zero-order chi connectivity index (χ0) is 77.3. The molecule has 18 aromatic carbocycles. The van der Waals surface area contributed by atoms with Gasteiger partial charge < -0.3 is 28.4 Å². The van der Waals surface area contributed by atoms with Gasteiger partial charge in [-0.25, -0.2) is 0 Å². The molecule has 3 aliphatic rings.